The average molecular weight is 488 g/mol. The molecule has 0 aliphatic rings. The number of amides is 1. The largest absolute Gasteiger partial charge is 0.417 e. The first-order chi connectivity index (χ1) is 17.2. The van der Waals surface area contributed by atoms with E-state index in [9.17, 15) is 23.2 Å². The standard InChI is InChI=1S/C26H19F3N6O/c1-35-12-11-23(34-35)19-14-17(8-9-21(19)26(27,28)29)25(36)33-24(32-18-5-3-2-4-6-18)20-13-16(15-30)7-10-22(20)31/h2-14H,31H2,1H3,(H,32,33,36). The van der Waals surface area contributed by atoms with Gasteiger partial charge in [-0.25, -0.2) is 4.99 Å². The molecule has 0 atom stereocenters. The molecular formula is C26H19F3N6O. The number of rotatable bonds is 4. The summed E-state index contributed by atoms with van der Waals surface area (Å²) in [6, 6.07) is 19.7. The van der Waals surface area contributed by atoms with Gasteiger partial charge in [0.1, 0.15) is 5.84 Å². The second-order valence-corrected chi connectivity index (χ2v) is 7.80. The number of carbonyl (C=O) groups is 1. The van der Waals surface area contributed by atoms with E-state index >= 15 is 0 Å². The van der Waals surface area contributed by atoms with Crippen LogP contribution in [0, 0.1) is 11.3 Å². The Morgan fingerprint density at radius 3 is 2.47 bits per heavy atom. The van der Waals surface area contributed by atoms with Crippen LogP contribution in [0.3, 0.4) is 0 Å². The molecular weight excluding hydrogens is 469 g/mol. The van der Waals surface area contributed by atoms with Gasteiger partial charge in [0.25, 0.3) is 5.91 Å². The lowest BCUT2D eigenvalue weighted by atomic mass is 10.00. The predicted molar refractivity (Wildman–Crippen MR) is 129 cm³/mol. The van der Waals surface area contributed by atoms with Gasteiger partial charge in [0, 0.05) is 35.6 Å². The highest BCUT2D eigenvalue weighted by atomic mass is 19.4. The average Bonchev–Trinajstić information content (AvgIpc) is 3.30. The summed E-state index contributed by atoms with van der Waals surface area (Å²) in [6.45, 7) is 0. The molecule has 3 N–H and O–H groups in total. The number of halogens is 3. The molecule has 4 rings (SSSR count). The Bertz CT molecular complexity index is 1500. The molecule has 0 fully saturated rings. The van der Waals surface area contributed by atoms with Crippen LogP contribution >= 0.6 is 0 Å². The molecule has 0 saturated carbocycles. The number of alkyl halides is 3. The zero-order chi connectivity index (χ0) is 25.9. The second-order valence-electron chi connectivity index (χ2n) is 7.80. The van der Waals surface area contributed by atoms with Crippen LogP contribution < -0.4 is 11.1 Å². The Balaban J connectivity index is 1.78. The Morgan fingerprint density at radius 2 is 1.83 bits per heavy atom. The number of aryl methyl sites for hydroxylation is 1. The van der Waals surface area contributed by atoms with Crippen molar-refractivity contribution in [3.8, 4) is 17.3 Å². The molecule has 0 spiro atoms. The fourth-order valence-electron chi connectivity index (χ4n) is 3.50. The Hall–Kier alpha value is -4.91. The number of carbonyl (C=O) groups excluding carboxylic acids is 1. The van der Waals surface area contributed by atoms with Crippen molar-refractivity contribution in [1.82, 2.24) is 15.1 Å². The van der Waals surface area contributed by atoms with Crippen molar-refractivity contribution < 1.29 is 18.0 Å². The number of nitrogens with two attached hydrogens (primary N) is 1. The number of para-hydroxylation sites is 1. The van der Waals surface area contributed by atoms with Crippen LogP contribution in [0.25, 0.3) is 11.3 Å². The molecule has 1 heterocycles. The summed E-state index contributed by atoms with van der Waals surface area (Å²) < 4.78 is 42.4. The van der Waals surface area contributed by atoms with Crippen LogP contribution in [-0.2, 0) is 13.2 Å². The molecule has 1 amide bonds. The SMILES string of the molecule is Cn1ccc(-c2cc(C(=O)NC(=Nc3ccccc3)c3cc(C#N)ccc3N)ccc2C(F)(F)F)n1. The van der Waals surface area contributed by atoms with Gasteiger partial charge >= 0.3 is 6.18 Å². The fourth-order valence-corrected chi connectivity index (χ4v) is 3.50. The molecule has 10 heteroatoms. The Labute approximate surface area is 204 Å². The van der Waals surface area contributed by atoms with Crippen molar-refractivity contribution in [3.63, 3.8) is 0 Å². The van der Waals surface area contributed by atoms with E-state index in [1.165, 1.54) is 35.1 Å². The van der Waals surface area contributed by atoms with Crippen molar-refractivity contribution in [2.24, 2.45) is 12.0 Å². The molecule has 1 aromatic heterocycles. The number of anilines is 1. The smallest absolute Gasteiger partial charge is 0.398 e. The lowest BCUT2D eigenvalue weighted by molar-refractivity contribution is -0.137. The summed E-state index contributed by atoms with van der Waals surface area (Å²) in [5.74, 6) is -0.669. The summed E-state index contributed by atoms with van der Waals surface area (Å²) in [7, 11) is 1.58. The number of hydrogen-bond acceptors (Lipinski definition) is 5. The first-order valence-electron chi connectivity index (χ1n) is 10.6. The van der Waals surface area contributed by atoms with Crippen LogP contribution in [0.5, 0.6) is 0 Å². The van der Waals surface area contributed by atoms with Gasteiger partial charge in [0.15, 0.2) is 0 Å². The first-order valence-corrected chi connectivity index (χ1v) is 10.6. The second kappa shape index (κ2) is 9.76. The van der Waals surface area contributed by atoms with E-state index < -0.39 is 17.6 Å². The third-order valence-electron chi connectivity index (χ3n) is 5.24. The van der Waals surface area contributed by atoms with E-state index in [0.29, 0.717) is 16.8 Å². The van der Waals surface area contributed by atoms with Gasteiger partial charge in [-0.1, -0.05) is 18.2 Å². The van der Waals surface area contributed by atoms with Gasteiger partial charge in [-0.15, -0.1) is 0 Å². The van der Waals surface area contributed by atoms with Crippen molar-refractivity contribution >= 4 is 23.1 Å². The van der Waals surface area contributed by atoms with Gasteiger partial charge in [-0.05, 0) is 54.6 Å². The monoisotopic (exact) mass is 488 g/mol. The highest BCUT2D eigenvalue weighted by molar-refractivity contribution is 6.15. The van der Waals surface area contributed by atoms with Crippen molar-refractivity contribution in [3.05, 3.63) is 101 Å². The lowest BCUT2D eigenvalue weighted by Gasteiger charge is -2.15. The summed E-state index contributed by atoms with van der Waals surface area (Å²) in [5, 5.41) is 16.0. The van der Waals surface area contributed by atoms with E-state index in [0.717, 1.165) is 18.2 Å². The molecule has 4 aromatic rings. The number of amidine groups is 1. The maximum Gasteiger partial charge on any atom is 0.417 e. The van der Waals surface area contributed by atoms with Gasteiger partial charge in [0.05, 0.1) is 28.6 Å². The first kappa shape index (κ1) is 24.2. The predicted octanol–water partition coefficient (Wildman–Crippen LogP) is 5.07. The number of nitrogens with zero attached hydrogens (tertiary/aromatic N) is 4. The molecule has 0 bridgehead atoms. The zero-order valence-electron chi connectivity index (χ0n) is 18.9. The molecule has 3 aromatic carbocycles. The maximum absolute atomic E-state index is 13.7. The molecule has 0 aliphatic carbocycles. The summed E-state index contributed by atoms with van der Waals surface area (Å²) in [4.78, 5) is 17.7. The van der Waals surface area contributed by atoms with Gasteiger partial charge in [-0.3, -0.25) is 9.48 Å². The van der Waals surface area contributed by atoms with E-state index in [1.807, 2.05) is 6.07 Å². The van der Waals surface area contributed by atoms with Crippen molar-refractivity contribution in [1.29, 1.82) is 5.26 Å². The molecule has 0 saturated heterocycles. The molecule has 0 aliphatic heterocycles. The highest BCUT2D eigenvalue weighted by Gasteiger charge is 2.34. The third-order valence-corrected chi connectivity index (χ3v) is 5.24. The zero-order valence-corrected chi connectivity index (χ0v) is 18.9. The molecule has 36 heavy (non-hydrogen) atoms. The van der Waals surface area contributed by atoms with E-state index in [1.54, 1.807) is 37.4 Å². The third kappa shape index (κ3) is 5.26. The minimum absolute atomic E-state index is 0.0417. The molecule has 180 valence electrons. The van der Waals surface area contributed by atoms with Crippen LogP contribution in [-0.4, -0.2) is 21.5 Å². The van der Waals surface area contributed by atoms with Crippen LogP contribution in [0.4, 0.5) is 24.5 Å². The minimum Gasteiger partial charge on any atom is -0.398 e. The Kier molecular flexibility index (Phi) is 6.56. The van der Waals surface area contributed by atoms with Crippen LogP contribution in [0.2, 0.25) is 0 Å². The number of benzene rings is 3. The summed E-state index contributed by atoms with van der Waals surface area (Å²) in [6.07, 6.45) is -3.13. The number of hydrogen-bond donors (Lipinski definition) is 2. The Morgan fingerprint density at radius 1 is 1.08 bits per heavy atom. The topological polar surface area (TPSA) is 109 Å². The number of aliphatic imine (C=N–C) groups is 1. The van der Waals surface area contributed by atoms with Gasteiger partial charge < -0.3 is 11.1 Å². The van der Waals surface area contributed by atoms with Crippen LogP contribution in [0.1, 0.15) is 27.0 Å². The number of nitrogens with one attached hydrogen (secondary N) is 1. The summed E-state index contributed by atoms with van der Waals surface area (Å²) in [5.41, 5.74) is 6.33. The van der Waals surface area contributed by atoms with E-state index in [2.05, 4.69) is 15.4 Å². The molecule has 0 unspecified atom stereocenters. The maximum atomic E-state index is 13.7. The minimum atomic E-state index is -4.64. The van der Waals surface area contributed by atoms with Gasteiger partial charge in [0.2, 0.25) is 0 Å². The number of nitriles is 1. The van der Waals surface area contributed by atoms with Crippen LogP contribution in [0.15, 0.2) is 84.0 Å². The summed E-state index contributed by atoms with van der Waals surface area (Å²) >= 11 is 0. The molecule has 7 nitrogen and oxygen atoms in total. The van der Waals surface area contributed by atoms with E-state index in [4.69, 9.17) is 5.73 Å². The molecule has 0 radical (unpaired) electrons. The highest BCUT2D eigenvalue weighted by Crippen LogP contribution is 2.37. The van der Waals surface area contributed by atoms with E-state index in [-0.39, 0.29) is 28.3 Å². The number of aromatic nitrogens is 2. The van der Waals surface area contributed by atoms with Crippen molar-refractivity contribution in [2.75, 3.05) is 5.73 Å². The normalized spacial score (nSPS) is 11.7. The quantitative estimate of drug-likeness (QED) is 0.238. The van der Waals surface area contributed by atoms with Gasteiger partial charge in [-0.2, -0.15) is 23.5 Å². The van der Waals surface area contributed by atoms with Crippen molar-refractivity contribution in [2.45, 2.75) is 6.18 Å². The number of nitrogen functional groups attached to an aromatic ring is 1. The lowest BCUT2D eigenvalue weighted by Crippen LogP contribution is -2.32. The fraction of sp³-hybridized carbons (Fsp3) is 0.0769.